The van der Waals surface area contributed by atoms with Crippen LogP contribution in [-0.2, 0) is 23.6 Å². The van der Waals surface area contributed by atoms with Crippen molar-refractivity contribution in [3.05, 3.63) is 22.9 Å². The zero-order chi connectivity index (χ0) is 17.2. The highest BCUT2D eigenvalue weighted by molar-refractivity contribution is 7.99. The van der Waals surface area contributed by atoms with Gasteiger partial charge in [0.25, 0.3) is 0 Å². The number of hydrogen-bond acceptors (Lipinski definition) is 5. The van der Waals surface area contributed by atoms with Gasteiger partial charge in [0, 0.05) is 28.5 Å². The Labute approximate surface area is 150 Å². The van der Waals surface area contributed by atoms with E-state index in [1.807, 2.05) is 6.07 Å². The Hall–Kier alpha value is -0.900. The van der Waals surface area contributed by atoms with Gasteiger partial charge in [-0.2, -0.15) is 5.26 Å². The van der Waals surface area contributed by atoms with Crippen molar-refractivity contribution in [2.75, 3.05) is 12.0 Å². The van der Waals surface area contributed by atoms with Crippen LogP contribution in [0.3, 0.4) is 0 Å². The average molecular weight is 365 g/mol. The molecule has 2 aliphatic carbocycles. The number of fused-ring (bicyclic) bond motifs is 1. The molecule has 1 aromatic heterocycles. The van der Waals surface area contributed by atoms with Crippen molar-refractivity contribution in [2.45, 2.75) is 67.2 Å². The highest BCUT2D eigenvalue weighted by atomic mass is 32.2. The summed E-state index contributed by atoms with van der Waals surface area (Å²) in [5, 5.41) is 21.0. The molecule has 4 nitrogen and oxygen atoms in total. The standard InChI is InChI=1S/C18H24N2O2S2/c1-24(22)16-8-4-5-9-18(16,21)12-23-17-14(11-19)10-13-6-2-3-7-15(13)20-17/h10,16,21H,2-9,12H2,1H3/t16-,18-,24+/m0/s1. The first-order valence-electron chi connectivity index (χ1n) is 8.64. The van der Waals surface area contributed by atoms with Crippen LogP contribution in [0.25, 0.3) is 0 Å². The van der Waals surface area contributed by atoms with Gasteiger partial charge in [-0.25, -0.2) is 4.98 Å². The summed E-state index contributed by atoms with van der Waals surface area (Å²) in [6.45, 7) is 0. The third kappa shape index (κ3) is 3.68. The minimum Gasteiger partial charge on any atom is -0.388 e. The molecule has 3 atom stereocenters. The quantitative estimate of drug-likeness (QED) is 0.832. The predicted molar refractivity (Wildman–Crippen MR) is 97.6 cm³/mol. The summed E-state index contributed by atoms with van der Waals surface area (Å²) in [5.41, 5.74) is 1.99. The maximum atomic E-state index is 12.0. The van der Waals surface area contributed by atoms with Crippen LogP contribution in [0.2, 0.25) is 0 Å². The molecule has 0 aromatic carbocycles. The van der Waals surface area contributed by atoms with Crippen LogP contribution in [0.4, 0.5) is 0 Å². The van der Waals surface area contributed by atoms with E-state index >= 15 is 0 Å². The first-order chi connectivity index (χ1) is 11.5. The Morgan fingerprint density at radius 3 is 2.96 bits per heavy atom. The Balaban J connectivity index is 1.80. The fraction of sp³-hybridized carbons (Fsp3) is 0.667. The Bertz CT molecular complexity index is 686. The van der Waals surface area contributed by atoms with Gasteiger partial charge in [-0.05, 0) is 50.2 Å². The molecular formula is C18H24N2O2S2. The van der Waals surface area contributed by atoms with Crippen molar-refractivity contribution in [1.82, 2.24) is 4.98 Å². The number of rotatable bonds is 4. The maximum absolute atomic E-state index is 12.0. The largest absolute Gasteiger partial charge is 0.388 e. The van der Waals surface area contributed by atoms with E-state index in [-0.39, 0.29) is 5.25 Å². The van der Waals surface area contributed by atoms with Gasteiger partial charge < -0.3 is 5.11 Å². The number of hydrogen-bond donors (Lipinski definition) is 1. The van der Waals surface area contributed by atoms with Gasteiger partial charge in [-0.3, -0.25) is 4.21 Å². The summed E-state index contributed by atoms with van der Waals surface area (Å²) < 4.78 is 12.0. The number of nitrogens with zero attached hydrogens (tertiary/aromatic N) is 2. The van der Waals surface area contributed by atoms with Crippen LogP contribution in [0.15, 0.2) is 11.1 Å². The number of thioether (sulfide) groups is 1. The molecule has 130 valence electrons. The zero-order valence-corrected chi connectivity index (χ0v) is 15.7. The summed E-state index contributed by atoms with van der Waals surface area (Å²) >= 11 is 1.45. The summed E-state index contributed by atoms with van der Waals surface area (Å²) in [7, 11) is -1.04. The van der Waals surface area contributed by atoms with Crippen molar-refractivity contribution >= 4 is 22.6 Å². The van der Waals surface area contributed by atoms with Gasteiger partial charge in [0.15, 0.2) is 0 Å². The number of aryl methyl sites for hydroxylation is 2. The minimum absolute atomic E-state index is 0.179. The average Bonchev–Trinajstić information content (AvgIpc) is 2.59. The van der Waals surface area contributed by atoms with Crippen LogP contribution in [0.5, 0.6) is 0 Å². The van der Waals surface area contributed by atoms with Crippen LogP contribution in [0.1, 0.15) is 55.3 Å². The number of aliphatic hydroxyl groups is 1. The molecule has 0 saturated heterocycles. The van der Waals surface area contributed by atoms with Crippen LogP contribution in [-0.4, -0.2) is 37.2 Å². The highest BCUT2D eigenvalue weighted by Crippen LogP contribution is 2.37. The Morgan fingerprint density at radius 1 is 1.42 bits per heavy atom. The lowest BCUT2D eigenvalue weighted by Crippen LogP contribution is -2.49. The maximum Gasteiger partial charge on any atom is 0.114 e. The first kappa shape index (κ1) is 17.9. The summed E-state index contributed by atoms with van der Waals surface area (Å²) in [6, 6.07) is 4.23. The third-order valence-electron chi connectivity index (χ3n) is 5.17. The van der Waals surface area contributed by atoms with Crippen LogP contribution < -0.4 is 0 Å². The van der Waals surface area contributed by atoms with Crippen LogP contribution in [0, 0.1) is 11.3 Å². The summed E-state index contributed by atoms with van der Waals surface area (Å²) in [6.07, 6.45) is 9.45. The fourth-order valence-corrected chi connectivity index (χ4v) is 6.42. The van der Waals surface area contributed by atoms with Crippen molar-refractivity contribution in [3.8, 4) is 6.07 Å². The third-order valence-corrected chi connectivity index (χ3v) is 7.88. The lowest BCUT2D eigenvalue weighted by atomic mass is 9.86. The Morgan fingerprint density at radius 2 is 2.21 bits per heavy atom. The van der Waals surface area contributed by atoms with Gasteiger partial charge in [0.2, 0.25) is 0 Å². The molecule has 0 bridgehead atoms. The van der Waals surface area contributed by atoms with E-state index in [1.54, 1.807) is 6.26 Å². The van der Waals surface area contributed by atoms with Gasteiger partial charge in [-0.15, -0.1) is 11.8 Å². The molecule has 6 heteroatoms. The molecule has 1 heterocycles. The molecule has 0 unspecified atom stereocenters. The van der Waals surface area contributed by atoms with Crippen LogP contribution >= 0.6 is 11.8 Å². The molecule has 1 fully saturated rings. The lowest BCUT2D eigenvalue weighted by molar-refractivity contribution is 0.0326. The molecule has 1 N–H and O–H groups in total. The fourth-order valence-electron chi connectivity index (χ4n) is 3.83. The molecule has 0 amide bonds. The second-order valence-electron chi connectivity index (χ2n) is 6.89. The van der Waals surface area contributed by atoms with Crippen molar-refractivity contribution in [3.63, 3.8) is 0 Å². The smallest absolute Gasteiger partial charge is 0.114 e. The van der Waals surface area contributed by atoms with E-state index in [0.29, 0.717) is 17.7 Å². The molecule has 2 aliphatic rings. The van der Waals surface area contributed by atoms with Crippen molar-refractivity contribution in [2.24, 2.45) is 0 Å². The molecule has 0 radical (unpaired) electrons. The molecule has 0 aliphatic heterocycles. The monoisotopic (exact) mass is 364 g/mol. The number of pyridine rings is 1. The van der Waals surface area contributed by atoms with Crippen molar-refractivity contribution in [1.29, 1.82) is 5.26 Å². The topological polar surface area (TPSA) is 74.0 Å². The number of nitriles is 1. The molecular weight excluding hydrogens is 340 g/mol. The SMILES string of the molecule is C[S@@](=O)[C@H]1CCCC[C@]1(O)CSc1nc2c(cc1C#N)CCCC2. The summed E-state index contributed by atoms with van der Waals surface area (Å²) in [4.78, 5) is 4.72. The van der Waals surface area contributed by atoms with E-state index < -0.39 is 16.4 Å². The normalized spacial score (nSPS) is 28.0. The lowest BCUT2D eigenvalue weighted by Gasteiger charge is -2.38. The van der Waals surface area contributed by atoms with Gasteiger partial charge in [0.05, 0.1) is 16.4 Å². The number of aromatic nitrogens is 1. The zero-order valence-electron chi connectivity index (χ0n) is 14.1. The predicted octanol–water partition coefficient (Wildman–Crippen LogP) is 2.98. The van der Waals surface area contributed by atoms with Crippen molar-refractivity contribution < 1.29 is 9.32 Å². The van der Waals surface area contributed by atoms with E-state index in [2.05, 4.69) is 6.07 Å². The van der Waals surface area contributed by atoms with E-state index in [0.717, 1.165) is 55.7 Å². The second-order valence-corrected chi connectivity index (χ2v) is 9.42. The van der Waals surface area contributed by atoms with Gasteiger partial charge in [0.1, 0.15) is 11.1 Å². The highest BCUT2D eigenvalue weighted by Gasteiger charge is 2.41. The van der Waals surface area contributed by atoms with Gasteiger partial charge >= 0.3 is 0 Å². The molecule has 1 aromatic rings. The second kappa shape index (κ2) is 7.55. The molecule has 0 spiro atoms. The molecule has 24 heavy (non-hydrogen) atoms. The first-order valence-corrected chi connectivity index (χ1v) is 11.2. The Kier molecular flexibility index (Phi) is 5.63. The molecule has 1 saturated carbocycles. The van der Waals surface area contributed by atoms with E-state index in [1.165, 1.54) is 17.3 Å². The van der Waals surface area contributed by atoms with Gasteiger partial charge in [-0.1, -0.05) is 12.8 Å². The minimum atomic E-state index is -1.04. The van der Waals surface area contributed by atoms with E-state index in [9.17, 15) is 14.6 Å². The van der Waals surface area contributed by atoms with E-state index in [4.69, 9.17) is 4.98 Å². The molecule has 3 rings (SSSR count). The summed E-state index contributed by atoms with van der Waals surface area (Å²) in [5.74, 6) is 0.456.